The minimum Gasteiger partial charge on any atom is -0.351 e. The van der Waals surface area contributed by atoms with E-state index >= 15 is 0 Å². The van der Waals surface area contributed by atoms with E-state index in [9.17, 15) is 14.9 Å². The van der Waals surface area contributed by atoms with Crippen molar-refractivity contribution in [1.29, 1.82) is 0 Å². The first kappa shape index (κ1) is 20.6. The first-order valence-electron chi connectivity index (χ1n) is 10.7. The fraction of sp³-hybridized carbons (Fsp3) is 0.160. The Morgan fingerprint density at radius 2 is 1.42 bits per heavy atom. The molecule has 1 fully saturated rings. The van der Waals surface area contributed by atoms with E-state index < -0.39 is 4.92 Å². The Morgan fingerprint density at radius 3 is 2.09 bits per heavy atom. The van der Waals surface area contributed by atoms with Gasteiger partial charge in [-0.1, -0.05) is 54.6 Å². The van der Waals surface area contributed by atoms with Crippen LogP contribution in [0.3, 0.4) is 0 Å². The molecule has 3 aromatic carbocycles. The number of rotatable bonds is 4. The number of anilines is 1. The highest BCUT2D eigenvalue weighted by atomic mass is 16.6. The second-order valence-corrected chi connectivity index (χ2v) is 7.87. The molecule has 0 unspecified atom stereocenters. The number of nitro groups is 1. The lowest BCUT2D eigenvalue weighted by atomic mass is 10.0. The number of piperazine rings is 1. The first-order chi connectivity index (χ1) is 16.1. The third-order valence-corrected chi connectivity index (χ3v) is 5.91. The summed E-state index contributed by atoms with van der Waals surface area (Å²) in [5, 5.41) is 22.0. The van der Waals surface area contributed by atoms with Gasteiger partial charge in [0.1, 0.15) is 5.69 Å². The summed E-state index contributed by atoms with van der Waals surface area (Å²) in [6, 6.07) is 23.9. The second kappa shape index (κ2) is 8.66. The molecule has 0 radical (unpaired) electrons. The molecule has 1 aliphatic heterocycles. The molecule has 5 rings (SSSR count). The number of nitro benzene ring substituents is 1. The van der Waals surface area contributed by atoms with Gasteiger partial charge in [0, 0.05) is 60.2 Å². The molecule has 0 bridgehead atoms. The standard InChI is InChI=1S/C25H21N5O3/c31-25(19-10-12-20(13-11-19)30(32)33)29-16-14-28(15-17-29)24-22-9-5-4-8-21(22)23(26-27-24)18-6-2-1-3-7-18/h1-13H,14-17H2. The molecule has 164 valence electrons. The summed E-state index contributed by atoms with van der Waals surface area (Å²) in [5.41, 5.74) is 2.29. The maximum Gasteiger partial charge on any atom is 0.269 e. The van der Waals surface area contributed by atoms with Crippen LogP contribution in [0.25, 0.3) is 22.0 Å². The highest BCUT2D eigenvalue weighted by Crippen LogP contribution is 2.31. The zero-order valence-corrected chi connectivity index (χ0v) is 17.8. The topological polar surface area (TPSA) is 92.5 Å². The Morgan fingerprint density at radius 1 is 0.788 bits per heavy atom. The minimum absolute atomic E-state index is 0.0271. The molecule has 8 heteroatoms. The van der Waals surface area contributed by atoms with Gasteiger partial charge in [-0.05, 0) is 12.1 Å². The molecule has 33 heavy (non-hydrogen) atoms. The highest BCUT2D eigenvalue weighted by Gasteiger charge is 2.25. The van der Waals surface area contributed by atoms with Crippen molar-refractivity contribution in [2.75, 3.05) is 31.1 Å². The van der Waals surface area contributed by atoms with Crippen LogP contribution in [0.4, 0.5) is 11.5 Å². The van der Waals surface area contributed by atoms with E-state index in [4.69, 9.17) is 0 Å². The monoisotopic (exact) mass is 439 g/mol. The Kier molecular flexibility index (Phi) is 5.40. The van der Waals surface area contributed by atoms with Crippen LogP contribution in [-0.4, -0.2) is 52.1 Å². The van der Waals surface area contributed by atoms with Crippen molar-refractivity contribution in [2.24, 2.45) is 0 Å². The van der Waals surface area contributed by atoms with Crippen molar-refractivity contribution in [3.63, 3.8) is 0 Å². The molecule has 1 aliphatic rings. The number of aromatic nitrogens is 2. The Labute approximate surface area is 190 Å². The molecule has 0 N–H and O–H groups in total. The predicted molar refractivity (Wildman–Crippen MR) is 126 cm³/mol. The van der Waals surface area contributed by atoms with Crippen molar-refractivity contribution in [3.8, 4) is 11.3 Å². The quantitative estimate of drug-likeness (QED) is 0.350. The summed E-state index contributed by atoms with van der Waals surface area (Å²) in [6.45, 7) is 2.32. The lowest BCUT2D eigenvalue weighted by Crippen LogP contribution is -2.49. The van der Waals surface area contributed by atoms with Gasteiger partial charge in [-0.15, -0.1) is 10.2 Å². The lowest BCUT2D eigenvalue weighted by Gasteiger charge is -2.35. The minimum atomic E-state index is -0.471. The normalized spacial score (nSPS) is 13.8. The Balaban J connectivity index is 1.35. The Hall–Kier alpha value is -4.33. The van der Waals surface area contributed by atoms with Crippen LogP contribution in [0.5, 0.6) is 0 Å². The average molecular weight is 439 g/mol. The SMILES string of the molecule is O=C(c1ccc([N+](=O)[O-])cc1)N1CCN(c2nnc(-c3ccccc3)c3ccccc23)CC1. The molecular formula is C25H21N5O3. The van der Waals surface area contributed by atoms with Gasteiger partial charge in [0.05, 0.1) is 4.92 Å². The summed E-state index contributed by atoms with van der Waals surface area (Å²) < 4.78 is 0. The number of carbonyl (C=O) groups is 1. The van der Waals surface area contributed by atoms with Gasteiger partial charge in [0.2, 0.25) is 0 Å². The average Bonchev–Trinajstić information content (AvgIpc) is 2.88. The molecule has 2 heterocycles. The number of fused-ring (bicyclic) bond motifs is 1. The number of amides is 1. The van der Waals surface area contributed by atoms with Crippen LogP contribution in [0, 0.1) is 10.1 Å². The van der Waals surface area contributed by atoms with Gasteiger partial charge in [-0.3, -0.25) is 14.9 Å². The van der Waals surface area contributed by atoms with E-state index in [1.54, 1.807) is 4.90 Å². The summed E-state index contributed by atoms with van der Waals surface area (Å²) in [4.78, 5) is 27.1. The largest absolute Gasteiger partial charge is 0.351 e. The van der Waals surface area contributed by atoms with Crippen LogP contribution in [0.15, 0.2) is 78.9 Å². The van der Waals surface area contributed by atoms with Crippen LogP contribution >= 0.6 is 0 Å². The molecule has 1 saturated heterocycles. The van der Waals surface area contributed by atoms with Crippen molar-refractivity contribution < 1.29 is 9.72 Å². The number of non-ortho nitro benzene ring substituents is 1. The van der Waals surface area contributed by atoms with Crippen molar-refractivity contribution in [3.05, 3.63) is 94.5 Å². The van der Waals surface area contributed by atoms with Gasteiger partial charge in [0.15, 0.2) is 5.82 Å². The van der Waals surface area contributed by atoms with Gasteiger partial charge in [-0.2, -0.15) is 0 Å². The maximum atomic E-state index is 12.8. The molecule has 4 aromatic rings. The molecular weight excluding hydrogens is 418 g/mol. The summed E-state index contributed by atoms with van der Waals surface area (Å²) in [6.07, 6.45) is 0. The molecule has 1 aromatic heterocycles. The van der Waals surface area contributed by atoms with Gasteiger partial charge >= 0.3 is 0 Å². The van der Waals surface area contributed by atoms with E-state index in [1.165, 1.54) is 24.3 Å². The number of hydrogen-bond acceptors (Lipinski definition) is 6. The third-order valence-electron chi connectivity index (χ3n) is 5.91. The predicted octanol–water partition coefficient (Wildman–Crippen LogP) is 4.17. The molecule has 0 atom stereocenters. The molecule has 0 saturated carbocycles. The van der Waals surface area contributed by atoms with Crippen molar-refractivity contribution in [1.82, 2.24) is 15.1 Å². The summed E-state index contributed by atoms with van der Waals surface area (Å²) >= 11 is 0. The van der Waals surface area contributed by atoms with Crippen molar-refractivity contribution >= 4 is 28.2 Å². The summed E-state index contributed by atoms with van der Waals surface area (Å²) in [5.74, 6) is 0.688. The number of hydrogen-bond donors (Lipinski definition) is 0. The van der Waals surface area contributed by atoms with E-state index in [0.29, 0.717) is 31.7 Å². The van der Waals surface area contributed by atoms with Gasteiger partial charge < -0.3 is 9.80 Å². The maximum absolute atomic E-state index is 12.8. The first-order valence-corrected chi connectivity index (χ1v) is 10.7. The zero-order chi connectivity index (χ0) is 22.8. The zero-order valence-electron chi connectivity index (χ0n) is 17.8. The number of nitrogens with zero attached hydrogens (tertiary/aromatic N) is 5. The van der Waals surface area contributed by atoms with Crippen molar-refractivity contribution in [2.45, 2.75) is 0 Å². The van der Waals surface area contributed by atoms with Crippen LogP contribution in [0.1, 0.15) is 10.4 Å². The Bertz CT molecular complexity index is 1320. The summed E-state index contributed by atoms with van der Waals surface area (Å²) in [7, 11) is 0. The highest BCUT2D eigenvalue weighted by molar-refractivity contribution is 6.00. The fourth-order valence-electron chi connectivity index (χ4n) is 4.16. The van der Waals surface area contributed by atoms with Gasteiger partial charge in [-0.25, -0.2) is 0 Å². The number of benzene rings is 3. The van der Waals surface area contributed by atoms with E-state index in [0.717, 1.165) is 27.8 Å². The molecule has 0 aliphatic carbocycles. The second-order valence-electron chi connectivity index (χ2n) is 7.87. The number of carbonyl (C=O) groups excluding carboxylic acids is 1. The lowest BCUT2D eigenvalue weighted by molar-refractivity contribution is -0.384. The van der Waals surface area contributed by atoms with E-state index in [2.05, 4.69) is 27.2 Å². The van der Waals surface area contributed by atoms with Crippen LogP contribution < -0.4 is 4.90 Å². The van der Waals surface area contributed by atoms with E-state index in [1.807, 2.05) is 42.5 Å². The van der Waals surface area contributed by atoms with E-state index in [-0.39, 0.29) is 11.6 Å². The van der Waals surface area contributed by atoms with Crippen LogP contribution in [-0.2, 0) is 0 Å². The molecule has 0 spiro atoms. The fourth-order valence-corrected chi connectivity index (χ4v) is 4.16. The van der Waals surface area contributed by atoms with Gasteiger partial charge in [0.25, 0.3) is 11.6 Å². The smallest absolute Gasteiger partial charge is 0.269 e. The van der Waals surface area contributed by atoms with Crippen LogP contribution in [0.2, 0.25) is 0 Å². The third kappa shape index (κ3) is 3.98. The molecule has 8 nitrogen and oxygen atoms in total. The molecule has 1 amide bonds.